The minimum atomic E-state index is -1.12. The van der Waals surface area contributed by atoms with E-state index in [2.05, 4.69) is 38.9 Å². The summed E-state index contributed by atoms with van der Waals surface area (Å²) in [6.45, 7) is 6.61. The van der Waals surface area contributed by atoms with Crippen LogP contribution in [0.4, 0.5) is 0 Å². The number of carboxylic acids is 1. The Morgan fingerprint density at radius 2 is 1.71 bits per heavy atom. The Morgan fingerprint density at radius 3 is 2.29 bits per heavy atom. The summed E-state index contributed by atoms with van der Waals surface area (Å²) in [5.41, 5.74) is 2.65. The molecule has 0 aliphatic heterocycles. The molecule has 0 aliphatic rings. The zero-order chi connectivity index (χ0) is 20.8. The molecule has 0 radical (unpaired) electrons. The monoisotopic (exact) mass is 383 g/mol. The van der Waals surface area contributed by atoms with Crippen molar-refractivity contribution in [3.8, 4) is 16.9 Å². The largest absolute Gasteiger partial charge is 0.478 e. The van der Waals surface area contributed by atoms with Gasteiger partial charge >= 0.3 is 11.9 Å². The average molecular weight is 383 g/mol. The molecule has 0 aromatic heterocycles. The fourth-order valence-corrected chi connectivity index (χ4v) is 3.87. The van der Waals surface area contributed by atoms with Crippen LogP contribution in [0.25, 0.3) is 11.1 Å². The van der Waals surface area contributed by atoms with Gasteiger partial charge in [-0.2, -0.15) is 0 Å². The second-order valence-corrected chi connectivity index (χ2v) is 7.42. The fraction of sp³-hybridized carbons (Fsp3) is 0.391. The van der Waals surface area contributed by atoms with Crippen LogP contribution in [-0.2, 0) is 4.79 Å². The maximum atomic E-state index is 11.7. The number of benzene rings is 2. The third-order valence-electron chi connectivity index (χ3n) is 4.92. The van der Waals surface area contributed by atoms with Crippen molar-refractivity contribution >= 4 is 11.9 Å². The van der Waals surface area contributed by atoms with Crippen LogP contribution < -0.4 is 4.74 Å². The average Bonchev–Trinajstić information content (AvgIpc) is 2.62. The van der Waals surface area contributed by atoms with Crippen LogP contribution in [0.3, 0.4) is 0 Å². The number of hydrogen-bond acceptors (Lipinski definition) is 4. The number of hydrogen-bond donors (Lipinski definition) is 1. The SMILES string of the molecule is CCC(c1ccccc1-c1cccc(C(=O)O)c1OC(C)=O)C(C)CN(C)C. The molecule has 1 N–H and O–H groups in total. The first-order valence-corrected chi connectivity index (χ1v) is 9.55. The zero-order valence-electron chi connectivity index (χ0n) is 17.2. The van der Waals surface area contributed by atoms with Crippen molar-refractivity contribution in [3.63, 3.8) is 0 Å². The summed E-state index contributed by atoms with van der Waals surface area (Å²) in [5.74, 6) is -0.868. The van der Waals surface area contributed by atoms with Gasteiger partial charge in [0.25, 0.3) is 0 Å². The number of para-hydroxylation sites is 1. The quantitative estimate of drug-likeness (QED) is 0.530. The molecule has 2 unspecified atom stereocenters. The van der Waals surface area contributed by atoms with E-state index >= 15 is 0 Å². The van der Waals surface area contributed by atoms with E-state index in [4.69, 9.17) is 4.74 Å². The van der Waals surface area contributed by atoms with Crippen LogP contribution >= 0.6 is 0 Å². The highest BCUT2D eigenvalue weighted by Gasteiger charge is 2.24. The van der Waals surface area contributed by atoms with Crippen LogP contribution in [0.15, 0.2) is 42.5 Å². The molecule has 0 spiro atoms. The molecular weight excluding hydrogens is 354 g/mol. The van der Waals surface area contributed by atoms with Gasteiger partial charge in [0, 0.05) is 19.0 Å². The van der Waals surface area contributed by atoms with E-state index < -0.39 is 11.9 Å². The number of carbonyl (C=O) groups is 2. The first kappa shape index (κ1) is 21.6. The van der Waals surface area contributed by atoms with E-state index in [0.29, 0.717) is 11.5 Å². The first-order valence-electron chi connectivity index (χ1n) is 9.55. The van der Waals surface area contributed by atoms with Crippen molar-refractivity contribution in [1.29, 1.82) is 0 Å². The van der Waals surface area contributed by atoms with Crippen LogP contribution in [0.2, 0.25) is 0 Å². The Kier molecular flexibility index (Phi) is 7.35. The number of rotatable bonds is 8. The maximum absolute atomic E-state index is 11.7. The molecule has 5 heteroatoms. The van der Waals surface area contributed by atoms with Crippen LogP contribution in [0.1, 0.15) is 49.0 Å². The van der Waals surface area contributed by atoms with Gasteiger partial charge in [-0.3, -0.25) is 4.79 Å². The Hall–Kier alpha value is -2.66. The minimum Gasteiger partial charge on any atom is -0.478 e. The summed E-state index contributed by atoms with van der Waals surface area (Å²) in [7, 11) is 4.12. The first-order chi connectivity index (χ1) is 13.3. The third-order valence-corrected chi connectivity index (χ3v) is 4.92. The maximum Gasteiger partial charge on any atom is 0.339 e. The topological polar surface area (TPSA) is 66.8 Å². The lowest BCUT2D eigenvalue weighted by atomic mass is 9.80. The molecule has 2 atom stereocenters. The number of nitrogens with zero attached hydrogens (tertiary/aromatic N) is 1. The summed E-state index contributed by atoms with van der Waals surface area (Å²) in [5, 5.41) is 9.57. The molecule has 2 aromatic rings. The van der Waals surface area contributed by atoms with E-state index in [9.17, 15) is 14.7 Å². The van der Waals surface area contributed by atoms with Gasteiger partial charge in [0.1, 0.15) is 5.56 Å². The van der Waals surface area contributed by atoms with Gasteiger partial charge < -0.3 is 14.7 Å². The molecular formula is C23H29NO4. The highest BCUT2D eigenvalue weighted by Crippen LogP contribution is 2.40. The lowest BCUT2D eigenvalue weighted by molar-refractivity contribution is -0.131. The van der Waals surface area contributed by atoms with E-state index in [-0.39, 0.29) is 17.2 Å². The van der Waals surface area contributed by atoms with Crippen LogP contribution in [0, 0.1) is 5.92 Å². The molecule has 2 aromatic carbocycles. The highest BCUT2D eigenvalue weighted by molar-refractivity contribution is 5.96. The second kappa shape index (κ2) is 9.51. The predicted octanol–water partition coefficient (Wildman–Crippen LogP) is 4.67. The summed E-state index contributed by atoms with van der Waals surface area (Å²) >= 11 is 0. The third kappa shape index (κ3) is 4.98. The van der Waals surface area contributed by atoms with Crippen molar-refractivity contribution in [2.24, 2.45) is 5.92 Å². The van der Waals surface area contributed by atoms with Gasteiger partial charge in [0.15, 0.2) is 5.75 Å². The molecule has 0 heterocycles. The van der Waals surface area contributed by atoms with E-state index in [1.54, 1.807) is 6.07 Å². The molecule has 2 rings (SSSR count). The summed E-state index contributed by atoms with van der Waals surface area (Å²) in [6.07, 6.45) is 0.952. The lowest BCUT2D eigenvalue weighted by Crippen LogP contribution is -2.24. The van der Waals surface area contributed by atoms with Gasteiger partial charge in [-0.1, -0.05) is 50.2 Å². The van der Waals surface area contributed by atoms with Gasteiger partial charge in [0.2, 0.25) is 0 Å². The molecule has 0 fully saturated rings. The van der Waals surface area contributed by atoms with Gasteiger partial charge in [-0.15, -0.1) is 0 Å². The smallest absolute Gasteiger partial charge is 0.339 e. The van der Waals surface area contributed by atoms with Crippen molar-refractivity contribution in [2.75, 3.05) is 20.6 Å². The molecule has 0 saturated carbocycles. The fourth-order valence-electron chi connectivity index (χ4n) is 3.87. The van der Waals surface area contributed by atoms with Gasteiger partial charge in [0.05, 0.1) is 0 Å². The molecule has 5 nitrogen and oxygen atoms in total. The lowest BCUT2D eigenvalue weighted by Gasteiger charge is -2.28. The van der Waals surface area contributed by atoms with Gasteiger partial charge in [-0.05, 0) is 49.5 Å². The highest BCUT2D eigenvalue weighted by atomic mass is 16.5. The molecule has 0 saturated heterocycles. The van der Waals surface area contributed by atoms with Crippen molar-refractivity contribution in [2.45, 2.75) is 33.1 Å². The van der Waals surface area contributed by atoms with Crippen LogP contribution in [-0.4, -0.2) is 42.6 Å². The molecule has 150 valence electrons. The zero-order valence-corrected chi connectivity index (χ0v) is 17.2. The number of esters is 1. The molecule has 28 heavy (non-hydrogen) atoms. The Labute approximate surface area is 166 Å². The second-order valence-electron chi connectivity index (χ2n) is 7.42. The van der Waals surface area contributed by atoms with Crippen molar-refractivity contribution < 1.29 is 19.4 Å². The van der Waals surface area contributed by atoms with E-state index in [1.165, 1.54) is 13.0 Å². The standard InChI is InChI=1S/C23H29NO4/c1-6-17(15(2)14-24(4)5)18-10-7-8-11-19(18)20-12-9-13-21(23(26)27)22(20)28-16(3)25/h7-13,15,17H,6,14H2,1-5H3,(H,26,27). The normalized spacial score (nSPS) is 13.2. The summed E-state index contributed by atoms with van der Waals surface area (Å²) in [6, 6.07) is 12.9. The number of carbonyl (C=O) groups excluding carboxylic acids is 1. The Balaban J connectivity index is 2.65. The minimum absolute atomic E-state index is 0.0168. The van der Waals surface area contributed by atoms with Gasteiger partial charge in [-0.25, -0.2) is 4.79 Å². The van der Waals surface area contributed by atoms with Crippen molar-refractivity contribution in [3.05, 3.63) is 53.6 Å². The number of ether oxygens (including phenoxy) is 1. The molecule has 0 aliphatic carbocycles. The van der Waals surface area contributed by atoms with E-state index in [1.807, 2.05) is 24.3 Å². The molecule has 0 amide bonds. The Morgan fingerprint density at radius 1 is 1.07 bits per heavy atom. The summed E-state index contributed by atoms with van der Waals surface area (Å²) < 4.78 is 5.36. The van der Waals surface area contributed by atoms with Crippen LogP contribution in [0.5, 0.6) is 5.75 Å². The summed E-state index contributed by atoms with van der Waals surface area (Å²) in [4.78, 5) is 25.5. The van der Waals surface area contributed by atoms with Crippen molar-refractivity contribution in [1.82, 2.24) is 4.90 Å². The predicted molar refractivity (Wildman–Crippen MR) is 111 cm³/mol. The van der Waals surface area contributed by atoms with E-state index in [0.717, 1.165) is 24.1 Å². The number of carboxylic acid groups (broad SMARTS) is 1. The molecule has 0 bridgehead atoms. The number of aromatic carboxylic acids is 1. The Bertz CT molecular complexity index is 844.